The molecule has 4 nitrogen and oxygen atoms in total. The summed E-state index contributed by atoms with van der Waals surface area (Å²) in [6.45, 7) is 0.857. The van der Waals surface area contributed by atoms with Crippen LogP contribution < -0.4 is 5.32 Å². The first-order chi connectivity index (χ1) is 9.11. The van der Waals surface area contributed by atoms with E-state index in [4.69, 9.17) is 5.11 Å². The van der Waals surface area contributed by atoms with E-state index in [-0.39, 0.29) is 17.7 Å². The smallest absolute Gasteiger partial charge is 0.306 e. The summed E-state index contributed by atoms with van der Waals surface area (Å²) >= 11 is 0. The molecule has 3 fully saturated rings. The molecule has 4 heteroatoms. The number of hydrogen-bond donors (Lipinski definition) is 2. The number of nitrogens with one attached hydrogen (secondary N) is 1. The third-order valence-electron chi connectivity index (χ3n) is 5.40. The molecule has 0 spiro atoms. The van der Waals surface area contributed by atoms with Crippen LogP contribution in [-0.2, 0) is 9.59 Å². The van der Waals surface area contributed by atoms with Crippen LogP contribution in [-0.4, -0.2) is 23.5 Å². The molecule has 3 rings (SSSR count). The zero-order chi connectivity index (χ0) is 13.5. The van der Waals surface area contributed by atoms with Crippen LogP contribution in [0.25, 0.3) is 0 Å². The Balaban J connectivity index is 1.42. The fourth-order valence-corrected chi connectivity index (χ4v) is 3.60. The van der Waals surface area contributed by atoms with Gasteiger partial charge < -0.3 is 10.4 Å². The van der Waals surface area contributed by atoms with Crippen LogP contribution in [0.15, 0.2) is 0 Å². The topological polar surface area (TPSA) is 66.4 Å². The quantitative estimate of drug-likeness (QED) is 0.800. The van der Waals surface area contributed by atoms with Crippen LogP contribution in [0.5, 0.6) is 0 Å². The van der Waals surface area contributed by atoms with E-state index < -0.39 is 5.97 Å². The van der Waals surface area contributed by atoms with Crippen molar-refractivity contribution in [1.29, 1.82) is 0 Å². The number of hydrogen-bond acceptors (Lipinski definition) is 2. The maximum atomic E-state index is 12.1. The second-order valence-corrected chi connectivity index (χ2v) is 6.74. The predicted octanol–water partition coefficient (Wildman–Crippen LogP) is 2.18. The molecule has 2 N–H and O–H groups in total. The number of carbonyl (C=O) groups is 2. The molecule has 0 unspecified atom stereocenters. The SMILES string of the molecule is O=C(O)C1CCC(C(=O)NCC2(C3CC3)CC2)CC1. The third-order valence-corrected chi connectivity index (χ3v) is 5.40. The maximum Gasteiger partial charge on any atom is 0.306 e. The molecule has 0 radical (unpaired) electrons. The number of carboxylic acids is 1. The largest absolute Gasteiger partial charge is 0.481 e. The van der Waals surface area contributed by atoms with Gasteiger partial charge >= 0.3 is 5.97 Å². The van der Waals surface area contributed by atoms with Crippen LogP contribution in [0.2, 0.25) is 0 Å². The van der Waals surface area contributed by atoms with Crippen molar-refractivity contribution in [3.05, 3.63) is 0 Å². The monoisotopic (exact) mass is 265 g/mol. The van der Waals surface area contributed by atoms with E-state index in [2.05, 4.69) is 5.32 Å². The van der Waals surface area contributed by atoms with Gasteiger partial charge in [0.25, 0.3) is 0 Å². The van der Waals surface area contributed by atoms with Gasteiger partial charge in [0.1, 0.15) is 0 Å². The van der Waals surface area contributed by atoms with Gasteiger partial charge in [0.2, 0.25) is 5.91 Å². The number of rotatable bonds is 5. The molecule has 19 heavy (non-hydrogen) atoms. The summed E-state index contributed by atoms with van der Waals surface area (Å²) in [6, 6.07) is 0. The molecule has 106 valence electrons. The summed E-state index contributed by atoms with van der Waals surface area (Å²) in [7, 11) is 0. The van der Waals surface area contributed by atoms with E-state index in [1.165, 1.54) is 25.7 Å². The molecule has 0 atom stereocenters. The summed E-state index contributed by atoms with van der Waals surface area (Å²) in [5.74, 6) is 0.145. The molecule has 3 saturated carbocycles. The van der Waals surface area contributed by atoms with E-state index >= 15 is 0 Å². The zero-order valence-corrected chi connectivity index (χ0v) is 11.4. The van der Waals surface area contributed by atoms with Gasteiger partial charge in [-0.3, -0.25) is 9.59 Å². The minimum Gasteiger partial charge on any atom is -0.481 e. The molecule has 0 aromatic heterocycles. The van der Waals surface area contributed by atoms with Gasteiger partial charge in [0.15, 0.2) is 0 Å². The molecule has 0 saturated heterocycles. The van der Waals surface area contributed by atoms with Crippen LogP contribution >= 0.6 is 0 Å². The first-order valence-corrected chi connectivity index (χ1v) is 7.61. The molecule has 0 aliphatic heterocycles. The Morgan fingerprint density at radius 3 is 2.05 bits per heavy atom. The van der Waals surface area contributed by atoms with Crippen molar-refractivity contribution in [3.63, 3.8) is 0 Å². The van der Waals surface area contributed by atoms with Crippen molar-refractivity contribution in [1.82, 2.24) is 5.32 Å². The Labute approximate surface area is 113 Å². The maximum absolute atomic E-state index is 12.1. The van der Waals surface area contributed by atoms with E-state index in [1.807, 2.05) is 0 Å². The normalized spacial score (nSPS) is 32.6. The Morgan fingerprint density at radius 1 is 1.00 bits per heavy atom. The molecule has 0 bridgehead atoms. The molecule has 0 aromatic carbocycles. The Morgan fingerprint density at radius 2 is 1.58 bits per heavy atom. The second-order valence-electron chi connectivity index (χ2n) is 6.74. The minimum absolute atomic E-state index is 0.0469. The minimum atomic E-state index is -0.704. The van der Waals surface area contributed by atoms with Crippen molar-refractivity contribution in [2.75, 3.05) is 6.54 Å². The molecule has 3 aliphatic carbocycles. The summed E-state index contributed by atoms with van der Waals surface area (Å²) in [5.41, 5.74) is 0.452. The highest BCUT2D eigenvalue weighted by Gasteiger charge is 2.53. The van der Waals surface area contributed by atoms with Crippen LogP contribution in [0.1, 0.15) is 51.4 Å². The van der Waals surface area contributed by atoms with E-state index in [0.717, 1.165) is 25.3 Å². The van der Waals surface area contributed by atoms with Crippen molar-refractivity contribution in [2.24, 2.45) is 23.2 Å². The first kappa shape index (κ1) is 12.9. The van der Waals surface area contributed by atoms with Crippen LogP contribution in [0.4, 0.5) is 0 Å². The lowest BCUT2D eigenvalue weighted by atomic mass is 9.81. The Hall–Kier alpha value is -1.06. The number of amides is 1. The molecular formula is C15H23NO3. The lowest BCUT2D eigenvalue weighted by Crippen LogP contribution is -2.37. The highest BCUT2D eigenvalue weighted by Crippen LogP contribution is 2.60. The van der Waals surface area contributed by atoms with Crippen LogP contribution in [0.3, 0.4) is 0 Å². The number of carbonyl (C=O) groups excluding carboxylic acids is 1. The summed E-state index contributed by atoms with van der Waals surface area (Å²) in [6.07, 6.45) is 8.04. The highest BCUT2D eigenvalue weighted by atomic mass is 16.4. The van der Waals surface area contributed by atoms with Crippen molar-refractivity contribution in [3.8, 4) is 0 Å². The second kappa shape index (κ2) is 4.80. The van der Waals surface area contributed by atoms with Gasteiger partial charge in [-0.1, -0.05) is 0 Å². The van der Waals surface area contributed by atoms with Crippen molar-refractivity contribution < 1.29 is 14.7 Å². The first-order valence-electron chi connectivity index (χ1n) is 7.61. The molecule has 1 amide bonds. The average molecular weight is 265 g/mol. The fourth-order valence-electron chi connectivity index (χ4n) is 3.60. The van der Waals surface area contributed by atoms with Crippen molar-refractivity contribution in [2.45, 2.75) is 51.4 Å². The van der Waals surface area contributed by atoms with Gasteiger partial charge in [-0.15, -0.1) is 0 Å². The number of aliphatic carboxylic acids is 1. The fraction of sp³-hybridized carbons (Fsp3) is 0.867. The zero-order valence-electron chi connectivity index (χ0n) is 11.4. The summed E-state index contributed by atoms with van der Waals surface area (Å²) in [5, 5.41) is 12.1. The molecular weight excluding hydrogens is 242 g/mol. The van der Waals surface area contributed by atoms with Crippen molar-refractivity contribution >= 4 is 11.9 Å². The lowest BCUT2D eigenvalue weighted by Gasteiger charge is -2.26. The summed E-state index contributed by atoms with van der Waals surface area (Å²) < 4.78 is 0. The van der Waals surface area contributed by atoms with Gasteiger partial charge in [-0.05, 0) is 62.7 Å². The van der Waals surface area contributed by atoms with Crippen LogP contribution in [0, 0.1) is 23.2 Å². The highest BCUT2D eigenvalue weighted by molar-refractivity contribution is 5.79. The van der Waals surface area contributed by atoms with Gasteiger partial charge in [0, 0.05) is 12.5 Å². The molecule has 0 heterocycles. The Bertz CT molecular complexity index is 377. The lowest BCUT2D eigenvalue weighted by molar-refractivity contribution is -0.144. The van der Waals surface area contributed by atoms with E-state index in [9.17, 15) is 9.59 Å². The molecule has 0 aromatic rings. The molecule has 3 aliphatic rings. The van der Waals surface area contributed by atoms with Gasteiger partial charge in [-0.25, -0.2) is 0 Å². The average Bonchev–Trinajstić information content (AvgIpc) is 3.28. The van der Waals surface area contributed by atoms with E-state index in [0.29, 0.717) is 18.3 Å². The Kier molecular flexibility index (Phi) is 3.27. The number of carboxylic acid groups (broad SMARTS) is 1. The summed E-state index contributed by atoms with van der Waals surface area (Å²) in [4.78, 5) is 23.0. The van der Waals surface area contributed by atoms with E-state index in [1.54, 1.807) is 0 Å². The van der Waals surface area contributed by atoms with Gasteiger partial charge in [-0.2, -0.15) is 0 Å². The van der Waals surface area contributed by atoms with Gasteiger partial charge in [0.05, 0.1) is 5.92 Å². The standard InChI is InChI=1S/C15H23NO3/c17-13(10-1-3-11(4-2-10)14(18)19)16-9-15(7-8-15)12-5-6-12/h10-12H,1-9H2,(H,16,17)(H,18,19). The third kappa shape index (κ3) is 2.77. The predicted molar refractivity (Wildman–Crippen MR) is 70.5 cm³/mol.